The van der Waals surface area contributed by atoms with Crippen LogP contribution >= 0.6 is 0 Å². The van der Waals surface area contributed by atoms with Gasteiger partial charge in [-0.25, -0.2) is 0 Å². The lowest BCUT2D eigenvalue weighted by atomic mass is 10.1. The van der Waals surface area contributed by atoms with Crippen molar-refractivity contribution in [1.82, 2.24) is 10.6 Å². The molecule has 0 saturated heterocycles. The number of likely N-dealkylation sites (N-methyl/N-ethyl adjacent to an activating group) is 1. The molecule has 0 amide bonds. The Hall–Kier alpha value is -0.120. The highest BCUT2D eigenvalue weighted by Crippen LogP contribution is 2.28. The van der Waals surface area contributed by atoms with Gasteiger partial charge in [-0.2, -0.15) is 0 Å². The van der Waals surface area contributed by atoms with Crippen molar-refractivity contribution in [3.8, 4) is 0 Å². The van der Waals surface area contributed by atoms with E-state index >= 15 is 0 Å². The third kappa shape index (κ3) is 6.88. The topological polar surface area (TPSA) is 33.3 Å². The minimum absolute atomic E-state index is 0.189. The van der Waals surface area contributed by atoms with Gasteiger partial charge in [-0.1, -0.05) is 0 Å². The van der Waals surface area contributed by atoms with Gasteiger partial charge in [0.2, 0.25) is 0 Å². The summed E-state index contributed by atoms with van der Waals surface area (Å²) in [5, 5.41) is 6.71. The summed E-state index contributed by atoms with van der Waals surface area (Å²) in [5.41, 5.74) is 0.189. The maximum Gasteiger partial charge on any atom is 0.0494 e. The second-order valence-corrected chi connectivity index (χ2v) is 5.18. The summed E-state index contributed by atoms with van der Waals surface area (Å²) in [4.78, 5) is 0. The van der Waals surface area contributed by atoms with Gasteiger partial charge in [0.1, 0.15) is 0 Å². The fourth-order valence-electron chi connectivity index (χ4n) is 1.32. The number of rotatable bonds is 9. The third-order valence-electron chi connectivity index (χ3n) is 2.94. The molecule has 0 aliphatic heterocycles. The van der Waals surface area contributed by atoms with E-state index in [-0.39, 0.29) is 5.54 Å². The van der Waals surface area contributed by atoms with Gasteiger partial charge >= 0.3 is 0 Å². The fourth-order valence-corrected chi connectivity index (χ4v) is 1.32. The lowest BCUT2D eigenvalue weighted by Crippen LogP contribution is -2.45. The highest BCUT2D eigenvalue weighted by atomic mass is 16.5. The molecule has 2 N–H and O–H groups in total. The van der Waals surface area contributed by atoms with Gasteiger partial charge in [-0.3, -0.25) is 0 Å². The van der Waals surface area contributed by atoms with Crippen LogP contribution in [0.5, 0.6) is 0 Å². The van der Waals surface area contributed by atoms with Gasteiger partial charge in [0, 0.05) is 25.3 Å². The zero-order valence-corrected chi connectivity index (χ0v) is 10.4. The van der Waals surface area contributed by atoms with Crippen LogP contribution in [-0.2, 0) is 4.74 Å². The van der Waals surface area contributed by atoms with Crippen LogP contribution < -0.4 is 10.6 Å². The van der Waals surface area contributed by atoms with Gasteiger partial charge in [0.15, 0.2) is 0 Å². The maximum absolute atomic E-state index is 5.56. The molecular weight excluding hydrogens is 188 g/mol. The smallest absolute Gasteiger partial charge is 0.0494 e. The van der Waals surface area contributed by atoms with Crippen LogP contribution in [0.25, 0.3) is 0 Å². The molecule has 1 saturated carbocycles. The summed E-state index contributed by atoms with van der Waals surface area (Å²) in [7, 11) is 2.00. The summed E-state index contributed by atoms with van der Waals surface area (Å²) >= 11 is 0. The first-order chi connectivity index (χ1) is 7.14. The van der Waals surface area contributed by atoms with Crippen molar-refractivity contribution >= 4 is 0 Å². The van der Waals surface area contributed by atoms with E-state index in [2.05, 4.69) is 24.5 Å². The molecule has 1 aliphatic carbocycles. The van der Waals surface area contributed by atoms with Crippen LogP contribution in [0.2, 0.25) is 0 Å². The first kappa shape index (κ1) is 12.9. The van der Waals surface area contributed by atoms with Crippen molar-refractivity contribution in [1.29, 1.82) is 0 Å². The second kappa shape index (κ2) is 6.46. The van der Waals surface area contributed by atoms with Crippen LogP contribution in [0.15, 0.2) is 0 Å². The molecule has 15 heavy (non-hydrogen) atoms. The van der Waals surface area contributed by atoms with Gasteiger partial charge in [-0.05, 0) is 52.6 Å². The van der Waals surface area contributed by atoms with E-state index in [4.69, 9.17) is 4.74 Å². The zero-order chi connectivity index (χ0) is 11.1. The monoisotopic (exact) mass is 214 g/mol. The maximum atomic E-state index is 5.56. The minimum Gasteiger partial charge on any atom is -0.381 e. The molecule has 0 unspecified atom stereocenters. The standard InChI is InChI=1S/C12H26N2O/c1-12(2,13-3)10-14-7-4-8-15-9-11-5-6-11/h11,13-14H,4-10H2,1-3H3. The molecule has 1 aliphatic rings. The molecule has 0 aromatic heterocycles. The lowest BCUT2D eigenvalue weighted by molar-refractivity contribution is 0.121. The van der Waals surface area contributed by atoms with Gasteiger partial charge in [0.05, 0.1) is 0 Å². The Bertz CT molecular complexity index is 167. The summed E-state index contributed by atoms with van der Waals surface area (Å²) in [6.07, 6.45) is 3.88. The van der Waals surface area contributed by atoms with Crippen LogP contribution in [0.3, 0.4) is 0 Å². The zero-order valence-electron chi connectivity index (χ0n) is 10.4. The third-order valence-corrected chi connectivity index (χ3v) is 2.94. The molecule has 0 radical (unpaired) electrons. The molecule has 0 spiro atoms. The first-order valence-corrected chi connectivity index (χ1v) is 6.11. The number of hydrogen-bond donors (Lipinski definition) is 2. The Morgan fingerprint density at radius 3 is 2.67 bits per heavy atom. The minimum atomic E-state index is 0.189. The van der Waals surface area contributed by atoms with Crippen molar-refractivity contribution in [3.05, 3.63) is 0 Å². The first-order valence-electron chi connectivity index (χ1n) is 6.11. The van der Waals surface area contributed by atoms with Crippen molar-refractivity contribution in [2.45, 2.75) is 38.6 Å². The molecule has 0 bridgehead atoms. The van der Waals surface area contributed by atoms with Crippen molar-refractivity contribution < 1.29 is 4.74 Å². The quantitative estimate of drug-likeness (QED) is 0.569. The highest BCUT2D eigenvalue weighted by Gasteiger charge is 2.20. The molecule has 3 heteroatoms. The molecule has 0 aromatic rings. The van der Waals surface area contributed by atoms with E-state index in [1.54, 1.807) is 0 Å². The molecule has 0 heterocycles. The van der Waals surface area contributed by atoms with E-state index in [1.165, 1.54) is 12.8 Å². The number of ether oxygens (including phenoxy) is 1. The van der Waals surface area contributed by atoms with Crippen LogP contribution in [-0.4, -0.2) is 38.9 Å². The number of nitrogens with one attached hydrogen (secondary N) is 2. The predicted molar refractivity (Wildman–Crippen MR) is 64.2 cm³/mol. The van der Waals surface area contributed by atoms with E-state index in [1.807, 2.05) is 7.05 Å². The average molecular weight is 214 g/mol. The van der Waals surface area contributed by atoms with Crippen LogP contribution in [0.1, 0.15) is 33.1 Å². The fraction of sp³-hybridized carbons (Fsp3) is 1.00. The summed E-state index contributed by atoms with van der Waals surface area (Å²) < 4.78 is 5.56. The summed E-state index contributed by atoms with van der Waals surface area (Å²) in [6, 6.07) is 0. The molecule has 0 atom stereocenters. The molecule has 1 fully saturated rings. The van der Waals surface area contributed by atoms with E-state index in [0.29, 0.717) is 0 Å². The van der Waals surface area contributed by atoms with E-state index in [0.717, 1.165) is 38.6 Å². The Kier molecular flexibility index (Phi) is 5.58. The highest BCUT2D eigenvalue weighted by molar-refractivity contribution is 4.77. The molecular formula is C12H26N2O. The van der Waals surface area contributed by atoms with Crippen LogP contribution in [0, 0.1) is 5.92 Å². The van der Waals surface area contributed by atoms with Crippen molar-refractivity contribution in [2.75, 3.05) is 33.4 Å². The Morgan fingerprint density at radius 1 is 1.33 bits per heavy atom. The van der Waals surface area contributed by atoms with Crippen molar-refractivity contribution in [2.24, 2.45) is 5.92 Å². The van der Waals surface area contributed by atoms with Crippen molar-refractivity contribution in [3.63, 3.8) is 0 Å². The second-order valence-electron chi connectivity index (χ2n) is 5.18. The van der Waals surface area contributed by atoms with Crippen LogP contribution in [0.4, 0.5) is 0 Å². The molecule has 1 rings (SSSR count). The molecule has 90 valence electrons. The largest absolute Gasteiger partial charge is 0.381 e. The summed E-state index contributed by atoms with van der Waals surface area (Å²) in [6.45, 7) is 8.35. The van der Waals surface area contributed by atoms with E-state index in [9.17, 15) is 0 Å². The van der Waals surface area contributed by atoms with E-state index < -0.39 is 0 Å². The Labute approximate surface area is 94.0 Å². The van der Waals surface area contributed by atoms with Gasteiger partial charge in [0.25, 0.3) is 0 Å². The van der Waals surface area contributed by atoms with Gasteiger partial charge in [-0.15, -0.1) is 0 Å². The SMILES string of the molecule is CNC(C)(C)CNCCCOCC1CC1. The lowest BCUT2D eigenvalue weighted by Gasteiger charge is -2.24. The normalized spacial score (nSPS) is 17.0. The predicted octanol–water partition coefficient (Wildman–Crippen LogP) is 1.39. The Morgan fingerprint density at radius 2 is 2.07 bits per heavy atom. The van der Waals surface area contributed by atoms with Gasteiger partial charge < -0.3 is 15.4 Å². The summed E-state index contributed by atoms with van der Waals surface area (Å²) in [5.74, 6) is 0.890. The molecule has 3 nitrogen and oxygen atoms in total. The molecule has 0 aromatic carbocycles. The number of hydrogen-bond acceptors (Lipinski definition) is 3. The Balaban J connectivity index is 1.79. The average Bonchev–Trinajstić information content (AvgIpc) is 3.00.